The number of carbonyl (C=O) groups is 1. The third-order valence-corrected chi connectivity index (χ3v) is 5.26. The Hall–Kier alpha value is -2.05. The number of anilines is 1. The van der Waals surface area contributed by atoms with E-state index in [1.165, 1.54) is 24.3 Å². The molecule has 0 aliphatic carbocycles. The lowest BCUT2D eigenvalue weighted by atomic mass is 10.1. The molecule has 0 spiro atoms. The molecule has 0 radical (unpaired) electrons. The maximum absolute atomic E-state index is 14.5. The van der Waals surface area contributed by atoms with Gasteiger partial charge in [0.15, 0.2) is 5.78 Å². The van der Waals surface area contributed by atoms with Gasteiger partial charge in [-0.05, 0) is 49.0 Å². The van der Waals surface area contributed by atoms with E-state index in [1.54, 1.807) is 24.3 Å². The molecule has 1 saturated heterocycles. The summed E-state index contributed by atoms with van der Waals surface area (Å²) >= 11 is 3.19. The van der Waals surface area contributed by atoms with Crippen LogP contribution >= 0.6 is 15.9 Å². The summed E-state index contributed by atoms with van der Waals surface area (Å²) in [5.74, 6) is -1.20. The minimum atomic E-state index is -0.429. The van der Waals surface area contributed by atoms with Gasteiger partial charge in [0.1, 0.15) is 11.6 Å². The van der Waals surface area contributed by atoms with Crippen LogP contribution in [0, 0.1) is 11.6 Å². The third kappa shape index (κ3) is 4.82. The van der Waals surface area contributed by atoms with Crippen molar-refractivity contribution in [2.45, 2.75) is 6.92 Å². The van der Waals surface area contributed by atoms with Crippen LogP contribution in [0.5, 0.6) is 0 Å². The Bertz CT molecular complexity index is 861. The number of benzene rings is 2. The number of halogens is 3. The number of likely N-dealkylation sites (N-methyl/N-ethyl adjacent to an activating group) is 1. The van der Waals surface area contributed by atoms with Crippen LogP contribution in [0.2, 0.25) is 0 Å². The maximum Gasteiger partial charge on any atom is 0.185 e. The fourth-order valence-electron chi connectivity index (χ4n) is 3.12. The van der Waals surface area contributed by atoms with Crippen LogP contribution in [0.3, 0.4) is 0 Å². The lowest BCUT2D eigenvalue weighted by Crippen LogP contribution is -2.46. The lowest BCUT2D eigenvalue weighted by molar-refractivity contribution is 0.104. The molecule has 0 aromatic heterocycles. The highest BCUT2D eigenvalue weighted by Crippen LogP contribution is 2.23. The van der Waals surface area contributed by atoms with E-state index < -0.39 is 11.6 Å². The smallest absolute Gasteiger partial charge is 0.185 e. The zero-order valence-electron chi connectivity index (χ0n) is 15.1. The Kier molecular flexibility index (Phi) is 6.39. The molecule has 2 aromatic rings. The molecule has 0 saturated carbocycles. The zero-order chi connectivity index (χ0) is 19.4. The lowest BCUT2D eigenvalue weighted by Gasteiger charge is -2.35. The van der Waals surface area contributed by atoms with Crippen LogP contribution in [0.1, 0.15) is 22.8 Å². The number of nitrogens with zero attached hydrogens (tertiary/aromatic N) is 2. The molecular formula is C21H21BrF2N2O. The monoisotopic (exact) mass is 434 g/mol. The van der Waals surface area contributed by atoms with Crippen molar-refractivity contribution in [2.75, 3.05) is 37.6 Å². The Morgan fingerprint density at radius 2 is 1.81 bits per heavy atom. The van der Waals surface area contributed by atoms with Gasteiger partial charge in [0.2, 0.25) is 0 Å². The number of allylic oxidation sites excluding steroid dienone is 1. The average molecular weight is 435 g/mol. The van der Waals surface area contributed by atoms with E-state index in [0.29, 0.717) is 15.7 Å². The molecular weight excluding hydrogens is 414 g/mol. The van der Waals surface area contributed by atoms with Crippen LogP contribution < -0.4 is 4.90 Å². The number of hydrogen-bond donors (Lipinski definition) is 0. The summed E-state index contributed by atoms with van der Waals surface area (Å²) in [5, 5.41) is 0. The van der Waals surface area contributed by atoms with Crippen molar-refractivity contribution in [3.63, 3.8) is 0 Å². The van der Waals surface area contributed by atoms with E-state index in [2.05, 4.69) is 27.8 Å². The summed E-state index contributed by atoms with van der Waals surface area (Å²) in [6.45, 7) is 6.44. The summed E-state index contributed by atoms with van der Waals surface area (Å²) in [4.78, 5) is 16.6. The first-order valence-corrected chi connectivity index (χ1v) is 9.71. The number of ketones is 1. The Labute approximate surface area is 166 Å². The van der Waals surface area contributed by atoms with Gasteiger partial charge in [0.25, 0.3) is 0 Å². The summed E-state index contributed by atoms with van der Waals surface area (Å²) in [7, 11) is 0. The molecule has 0 unspecified atom stereocenters. The number of carbonyl (C=O) groups excluding carboxylic acids is 1. The van der Waals surface area contributed by atoms with Gasteiger partial charge in [-0.2, -0.15) is 0 Å². The Morgan fingerprint density at radius 1 is 1.07 bits per heavy atom. The largest absolute Gasteiger partial charge is 0.367 e. The standard InChI is InChI=1S/C21H21BrF2N2O/c1-2-25-9-11-26(12-10-25)20-7-4-16(13-19(20)24)21(27)8-5-15-3-6-17(22)14-18(15)23/h3-8,13-14H,2,9-12H2,1H3/b8-5+. The highest BCUT2D eigenvalue weighted by molar-refractivity contribution is 9.10. The van der Waals surface area contributed by atoms with Crippen molar-refractivity contribution >= 4 is 33.5 Å². The van der Waals surface area contributed by atoms with Crippen molar-refractivity contribution in [2.24, 2.45) is 0 Å². The topological polar surface area (TPSA) is 23.6 Å². The molecule has 0 atom stereocenters. The normalized spacial score (nSPS) is 15.5. The van der Waals surface area contributed by atoms with Crippen molar-refractivity contribution in [3.05, 3.63) is 69.7 Å². The minimum Gasteiger partial charge on any atom is -0.367 e. The SMILES string of the molecule is CCN1CCN(c2ccc(C(=O)/C=C/c3ccc(Br)cc3F)cc2F)CC1. The summed E-state index contributed by atoms with van der Waals surface area (Å²) < 4.78 is 29.0. The third-order valence-electron chi connectivity index (χ3n) is 4.77. The van der Waals surface area contributed by atoms with E-state index in [-0.39, 0.29) is 11.3 Å². The molecule has 0 bridgehead atoms. The van der Waals surface area contributed by atoms with Crippen LogP contribution in [0.25, 0.3) is 6.08 Å². The fraction of sp³-hybridized carbons (Fsp3) is 0.286. The number of hydrogen-bond acceptors (Lipinski definition) is 3. The predicted molar refractivity (Wildman–Crippen MR) is 108 cm³/mol. The van der Waals surface area contributed by atoms with Gasteiger partial charge in [-0.15, -0.1) is 0 Å². The molecule has 1 heterocycles. The van der Waals surface area contributed by atoms with Gasteiger partial charge >= 0.3 is 0 Å². The summed E-state index contributed by atoms with van der Waals surface area (Å²) in [5.41, 5.74) is 1.07. The molecule has 2 aromatic carbocycles. The average Bonchev–Trinajstić information content (AvgIpc) is 2.67. The van der Waals surface area contributed by atoms with Gasteiger partial charge in [-0.1, -0.05) is 28.9 Å². The van der Waals surface area contributed by atoms with Crippen molar-refractivity contribution in [1.82, 2.24) is 4.90 Å². The second-order valence-electron chi connectivity index (χ2n) is 6.45. The molecule has 0 N–H and O–H groups in total. The van der Waals surface area contributed by atoms with Crippen LogP contribution in [-0.4, -0.2) is 43.4 Å². The van der Waals surface area contributed by atoms with E-state index in [9.17, 15) is 13.6 Å². The second kappa shape index (κ2) is 8.76. The quantitative estimate of drug-likeness (QED) is 0.500. The van der Waals surface area contributed by atoms with Crippen molar-refractivity contribution < 1.29 is 13.6 Å². The van der Waals surface area contributed by atoms with Crippen LogP contribution in [0.4, 0.5) is 14.5 Å². The first-order chi connectivity index (χ1) is 13.0. The van der Waals surface area contributed by atoms with Gasteiger partial charge in [-0.3, -0.25) is 4.79 Å². The van der Waals surface area contributed by atoms with Gasteiger partial charge in [-0.25, -0.2) is 8.78 Å². The van der Waals surface area contributed by atoms with E-state index >= 15 is 0 Å². The second-order valence-corrected chi connectivity index (χ2v) is 7.37. The molecule has 142 valence electrons. The molecule has 0 amide bonds. The van der Waals surface area contributed by atoms with Gasteiger partial charge in [0, 0.05) is 41.8 Å². The first kappa shape index (κ1) is 19.7. The molecule has 27 heavy (non-hydrogen) atoms. The molecule has 1 aliphatic heterocycles. The Morgan fingerprint density at radius 3 is 2.44 bits per heavy atom. The number of rotatable bonds is 5. The maximum atomic E-state index is 14.5. The van der Waals surface area contributed by atoms with E-state index in [1.807, 2.05) is 4.90 Å². The molecule has 1 fully saturated rings. The zero-order valence-corrected chi connectivity index (χ0v) is 16.7. The van der Waals surface area contributed by atoms with E-state index in [0.717, 1.165) is 32.7 Å². The summed E-state index contributed by atoms with van der Waals surface area (Å²) in [6.07, 6.45) is 2.67. The minimum absolute atomic E-state index is 0.247. The Balaban J connectivity index is 1.71. The molecule has 3 nitrogen and oxygen atoms in total. The summed E-state index contributed by atoms with van der Waals surface area (Å²) in [6, 6.07) is 9.12. The highest BCUT2D eigenvalue weighted by Gasteiger charge is 2.19. The molecule has 6 heteroatoms. The fourth-order valence-corrected chi connectivity index (χ4v) is 3.45. The first-order valence-electron chi connectivity index (χ1n) is 8.92. The van der Waals surface area contributed by atoms with Gasteiger partial charge in [0.05, 0.1) is 5.69 Å². The van der Waals surface area contributed by atoms with Crippen LogP contribution in [-0.2, 0) is 0 Å². The molecule has 1 aliphatic rings. The highest BCUT2D eigenvalue weighted by atomic mass is 79.9. The van der Waals surface area contributed by atoms with E-state index in [4.69, 9.17) is 0 Å². The predicted octanol–water partition coefficient (Wildman–Crippen LogP) is 4.77. The van der Waals surface area contributed by atoms with Gasteiger partial charge < -0.3 is 9.80 Å². The molecule has 3 rings (SSSR count). The van der Waals surface area contributed by atoms with Crippen LogP contribution in [0.15, 0.2) is 46.9 Å². The van der Waals surface area contributed by atoms with Crippen molar-refractivity contribution in [3.8, 4) is 0 Å². The van der Waals surface area contributed by atoms with Crippen molar-refractivity contribution in [1.29, 1.82) is 0 Å². The number of piperazine rings is 1.